The zero-order valence-corrected chi connectivity index (χ0v) is 25.0. The van der Waals surface area contributed by atoms with Gasteiger partial charge in [-0.05, 0) is 85.1 Å². The van der Waals surface area contributed by atoms with Gasteiger partial charge in [0.25, 0.3) is 5.56 Å². The van der Waals surface area contributed by atoms with E-state index in [1.807, 2.05) is 12.1 Å². The molecule has 8 nitrogen and oxygen atoms in total. The number of likely N-dealkylation sites (tertiary alicyclic amines) is 1. The number of aliphatic hydroxyl groups excluding tert-OH is 1. The molecule has 4 fully saturated rings. The first-order valence-corrected chi connectivity index (χ1v) is 15.2. The van der Waals surface area contributed by atoms with Crippen molar-refractivity contribution in [1.29, 1.82) is 0 Å². The van der Waals surface area contributed by atoms with Crippen LogP contribution in [0.2, 0.25) is 0 Å². The second kappa shape index (κ2) is 11.3. The lowest BCUT2D eigenvalue weighted by Gasteiger charge is -2.61. The molecule has 7 rings (SSSR count). The summed E-state index contributed by atoms with van der Waals surface area (Å²) in [6, 6.07) is 10.6. The summed E-state index contributed by atoms with van der Waals surface area (Å²) < 4.78 is 21.0. The molecule has 5 unspecified atom stereocenters. The molecule has 3 aromatic rings. The van der Waals surface area contributed by atoms with Crippen LogP contribution in [0.5, 0.6) is 5.75 Å². The number of anilines is 1. The fraction of sp³-hybridized carbons (Fsp3) is 0.545. The van der Waals surface area contributed by atoms with Gasteiger partial charge in [-0.15, -0.1) is 0 Å². The minimum atomic E-state index is -0.370. The number of methoxy groups -OCH3 is 1. The Morgan fingerprint density at radius 1 is 1.24 bits per heavy atom. The molecule has 9 heteroatoms. The van der Waals surface area contributed by atoms with E-state index in [0.29, 0.717) is 64.9 Å². The van der Waals surface area contributed by atoms with Crippen LogP contribution in [-0.2, 0) is 13.0 Å². The van der Waals surface area contributed by atoms with Gasteiger partial charge in [-0.2, -0.15) is 0 Å². The first-order valence-electron chi connectivity index (χ1n) is 15.2. The first-order chi connectivity index (χ1) is 20.1. The average Bonchev–Trinajstić information content (AvgIpc) is 2.97. The predicted octanol–water partition coefficient (Wildman–Crippen LogP) is 5.08. The molecule has 0 amide bonds. The summed E-state index contributed by atoms with van der Waals surface area (Å²) in [5.41, 5.74) is 2.14. The maximum atomic E-state index is 14.4. The zero-order chi connectivity index (χ0) is 29.6. The van der Waals surface area contributed by atoms with Crippen molar-refractivity contribution in [2.75, 3.05) is 25.5 Å². The molecule has 0 radical (unpaired) electrons. The maximum Gasteiger partial charge on any atom is 0.261 e. The van der Waals surface area contributed by atoms with Crippen molar-refractivity contribution in [2.24, 2.45) is 28.2 Å². The van der Waals surface area contributed by atoms with Crippen LogP contribution < -0.4 is 15.6 Å². The second-order valence-corrected chi connectivity index (χ2v) is 13.0. The van der Waals surface area contributed by atoms with Crippen LogP contribution in [0.1, 0.15) is 52.0 Å². The third-order valence-corrected chi connectivity index (χ3v) is 10.3. The summed E-state index contributed by atoms with van der Waals surface area (Å²) in [4.78, 5) is 25.3. The van der Waals surface area contributed by atoms with Gasteiger partial charge in [0.15, 0.2) is 5.96 Å². The third-order valence-electron chi connectivity index (χ3n) is 10.3. The molecule has 3 saturated carbocycles. The number of nitrogens with one attached hydrogen (secondary N) is 1. The van der Waals surface area contributed by atoms with E-state index < -0.39 is 0 Å². The first kappa shape index (κ1) is 28.6. The topological polar surface area (TPSA) is 92.0 Å². The average molecular weight is 576 g/mol. The van der Waals surface area contributed by atoms with Crippen molar-refractivity contribution in [3.8, 4) is 5.75 Å². The summed E-state index contributed by atoms with van der Waals surface area (Å²) in [5, 5.41) is 14.5. The number of aryl methyl sites for hydroxylation is 2. The van der Waals surface area contributed by atoms with E-state index in [1.54, 1.807) is 18.2 Å². The fourth-order valence-electron chi connectivity index (χ4n) is 7.41. The van der Waals surface area contributed by atoms with Gasteiger partial charge in [-0.25, -0.2) is 14.4 Å². The maximum absolute atomic E-state index is 14.4. The Bertz CT molecular complexity index is 1550. The van der Waals surface area contributed by atoms with Gasteiger partial charge in [-0.3, -0.25) is 9.36 Å². The van der Waals surface area contributed by atoms with Crippen molar-refractivity contribution in [3.63, 3.8) is 0 Å². The highest BCUT2D eigenvalue weighted by molar-refractivity contribution is 5.96. The van der Waals surface area contributed by atoms with Crippen LogP contribution >= 0.6 is 0 Å². The molecule has 3 aliphatic carbocycles. The van der Waals surface area contributed by atoms with E-state index >= 15 is 0 Å². The molecule has 1 saturated heterocycles. The highest BCUT2D eigenvalue weighted by atomic mass is 19.1. The molecule has 4 aliphatic rings. The van der Waals surface area contributed by atoms with E-state index in [2.05, 4.69) is 36.0 Å². The Hall–Kier alpha value is -3.46. The number of rotatable bonds is 6. The molecule has 1 aromatic heterocycles. The number of halogens is 1. The number of guanidine groups is 1. The molecule has 2 aromatic carbocycles. The minimum absolute atomic E-state index is 0.161. The van der Waals surface area contributed by atoms with Crippen molar-refractivity contribution in [3.05, 3.63) is 64.5 Å². The molecule has 2 N–H and O–H groups in total. The lowest BCUT2D eigenvalue weighted by molar-refractivity contribution is -0.108. The smallest absolute Gasteiger partial charge is 0.261 e. The van der Waals surface area contributed by atoms with Crippen molar-refractivity contribution >= 4 is 22.5 Å². The molecule has 42 heavy (non-hydrogen) atoms. The number of aliphatic imine (C=N–C) groups is 1. The molecule has 5 atom stereocenters. The third kappa shape index (κ3) is 5.39. The molecule has 224 valence electrons. The number of aromatic nitrogens is 2. The number of aliphatic hydroxyl groups is 1. The number of piperidine rings is 1. The van der Waals surface area contributed by atoms with E-state index in [9.17, 15) is 14.3 Å². The summed E-state index contributed by atoms with van der Waals surface area (Å²) >= 11 is 0. The lowest BCUT2D eigenvalue weighted by Crippen LogP contribution is -2.57. The highest BCUT2D eigenvalue weighted by Crippen LogP contribution is 2.61. The van der Waals surface area contributed by atoms with E-state index in [4.69, 9.17) is 9.73 Å². The minimum Gasteiger partial charge on any atom is -0.497 e. The molecular formula is C33H42FN5O3. The SMILES string of the molecule is COc1ccc(CCn2cnc3cc(NC(=NC4CC5CC(C4C)C5(C)C)N4CCCC(O)C4)ccc3c2=O)c(F)c1. The van der Waals surface area contributed by atoms with Gasteiger partial charge in [-0.1, -0.05) is 26.8 Å². The normalized spacial score (nSPS) is 27.0. The van der Waals surface area contributed by atoms with Crippen LogP contribution in [0, 0.1) is 29.0 Å². The standard InChI is InChI=1S/C33H42FN5O3/c1-20-27-14-22(33(27,2)3)15-29(20)37-32(38-12-5-6-24(40)18-38)36-23-8-10-26-30(16-23)35-19-39(31(26)41)13-11-21-7-9-25(42-4)17-28(21)34/h7-10,16-17,19-20,22,24,27,29,40H,5-6,11-15,18H2,1-4H3,(H,36,37). The van der Waals surface area contributed by atoms with Crippen LogP contribution in [0.3, 0.4) is 0 Å². The van der Waals surface area contributed by atoms with Crippen molar-refractivity contribution in [1.82, 2.24) is 14.5 Å². The van der Waals surface area contributed by atoms with Gasteiger partial charge < -0.3 is 20.1 Å². The van der Waals surface area contributed by atoms with Gasteiger partial charge >= 0.3 is 0 Å². The molecule has 2 heterocycles. The van der Waals surface area contributed by atoms with Crippen LogP contribution in [0.4, 0.5) is 10.1 Å². The number of nitrogens with zero attached hydrogens (tertiary/aromatic N) is 4. The Morgan fingerprint density at radius 2 is 2.07 bits per heavy atom. The van der Waals surface area contributed by atoms with Crippen LogP contribution in [0.25, 0.3) is 10.9 Å². The Morgan fingerprint density at radius 3 is 2.79 bits per heavy atom. The predicted molar refractivity (Wildman–Crippen MR) is 163 cm³/mol. The fourth-order valence-corrected chi connectivity index (χ4v) is 7.41. The van der Waals surface area contributed by atoms with Crippen LogP contribution in [-0.4, -0.2) is 57.9 Å². The summed E-state index contributed by atoms with van der Waals surface area (Å²) in [5.74, 6) is 2.79. The van der Waals surface area contributed by atoms with E-state index in [-0.39, 0.29) is 23.5 Å². The van der Waals surface area contributed by atoms with Gasteiger partial charge in [0.1, 0.15) is 11.6 Å². The number of benzene rings is 2. The Balaban J connectivity index is 1.22. The Kier molecular flexibility index (Phi) is 7.72. The molecular weight excluding hydrogens is 533 g/mol. The van der Waals surface area contributed by atoms with E-state index in [1.165, 1.54) is 30.5 Å². The van der Waals surface area contributed by atoms with Crippen LogP contribution in [0.15, 0.2) is 52.5 Å². The van der Waals surface area contributed by atoms with Gasteiger partial charge in [0.05, 0.1) is 36.5 Å². The number of β-amino-alcohol motifs (C(OH)–C–C–N with tert-alkyl or cyclic N) is 1. The highest BCUT2D eigenvalue weighted by Gasteiger charge is 2.56. The number of fused-ring (bicyclic) bond motifs is 3. The Labute approximate surface area is 246 Å². The van der Waals surface area contributed by atoms with Gasteiger partial charge in [0, 0.05) is 31.4 Å². The molecule has 1 aliphatic heterocycles. The quantitative estimate of drug-likeness (QED) is 0.315. The molecule has 2 bridgehead atoms. The number of ether oxygens (including phenoxy) is 1. The molecule has 0 spiro atoms. The van der Waals surface area contributed by atoms with E-state index in [0.717, 1.165) is 37.5 Å². The zero-order valence-electron chi connectivity index (χ0n) is 25.0. The van der Waals surface area contributed by atoms with Crippen molar-refractivity contribution in [2.45, 2.75) is 71.6 Å². The lowest BCUT2D eigenvalue weighted by atomic mass is 9.45. The van der Waals surface area contributed by atoms with Crippen molar-refractivity contribution < 1.29 is 14.2 Å². The largest absolute Gasteiger partial charge is 0.497 e. The summed E-state index contributed by atoms with van der Waals surface area (Å²) in [6.45, 7) is 8.85. The van der Waals surface area contributed by atoms with Gasteiger partial charge in [0.2, 0.25) is 0 Å². The second-order valence-electron chi connectivity index (χ2n) is 13.0. The number of hydrogen-bond donors (Lipinski definition) is 2. The monoisotopic (exact) mass is 575 g/mol. The summed E-state index contributed by atoms with van der Waals surface area (Å²) in [7, 11) is 1.50. The number of hydrogen-bond acceptors (Lipinski definition) is 5. The summed E-state index contributed by atoms with van der Waals surface area (Å²) in [6.07, 6.45) is 5.63.